The zero-order valence-corrected chi connectivity index (χ0v) is 11.2. The number of hydrogen-bond acceptors (Lipinski definition) is 1. The Morgan fingerprint density at radius 3 is 2.24 bits per heavy atom. The lowest BCUT2D eigenvalue weighted by Crippen LogP contribution is -2.31. The predicted octanol–water partition coefficient (Wildman–Crippen LogP) is 4.45. The normalized spacial score (nSPS) is 13.0. The molecule has 1 atom stereocenters. The quantitative estimate of drug-likeness (QED) is 0.739. The summed E-state index contributed by atoms with van der Waals surface area (Å²) in [6.45, 7) is 6.42. The molecule has 96 valence electrons. The SMILES string of the molecule is CCCC(CCC)N[C@H](C)c1ccccc1F. The van der Waals surface area contributed by atoms with E-state index in [9.17, 15) is 4.39 Å². The molecule has 0 heterocycles. The van der Waals surface area contributed by atoms with Gasteiger partial charge in [0.05, 0.1) is 0 Å². The van der Waals surface area contributed by atoms with Crippen LogP contribution < -0.4 is 5.32 Å². The molecule has 0 aliphatic heterocycles. The van der Waals surface area contributed by atoms with Crippen LogP contribution in [0.1, 0.15) is 58.1 Å². The Balaban J connectivity index is 2.63. The average molecular weight is 237 g/mol. The molecule has 0 aromatic heterocycles. The zero-order chi connectivity index (χ0) is 12.7. The van der Waals surface area contributed by atoms with Gasteiger partial charge in [-0.25, -0.2) is 4.39 Å². The molecule has 0 unspecified atom stereocenters. The third-order valence-corrected chi connectivity index (χ3v) is 3.13. The number of hydrogen-bond donors (Lipinski definition) is 1. The van der Waals surface area contributed by atoms with Crippen molar-refractivity contribution in [2.24, 2.45) is 0 Å². The van der Waals surface area contributed by atoms with Gasteiger partial charge in [0.2, 0.25) is 0 Å². The second kappa shape index (κ2) is 7.44. The summed E-state index contributed by atoms with van der Waals surface area (Å²) in [5.41, 5.74) is 0.768. The highest BCUT2D eigenvalue weighted by Gasteiger charge is 2.14. The minimum absolute atomic E-state index is 0.0827. The van der Waals surface area contributed by atoms with Gasteiger partial charge in [-0.3, -0.25) is 0 Å². The minimum atomic E-state index is -0.112. The first-order valence-corrected chi connectivity index (χ1v) is 6.69. The van der Waals surface area contributed by atoms with Crippen molar-refractivity contribution in [2.45, 2.75) is 58.5 Å². The lowest BCUT2D eigenvalue weighted by molar-refractivity contribution is 0.395. The predicted molar refractivity (Wildman–Crippen MR) is 71.6 cm³/mol. The van der Waals surface area contributed by atoms with Gasteiger partial charge in [-0.15, -0.1) is 0 Å². The second-order valence-electron chi connectivity index (χ2n) is 4.68. The first kappa shape index (κ1) is 14.2. The van der Waals surface area contributed by atoms with Gasteiger partial charge >= 0.3 is 0 Å². The van der Waals surface area contributed by atoms with Crippen molar-refractivity contribution in [3.05, 3.63) is 35.6 Å². The molecule has 1 N–H and O–H groups in total. The Labute approximate surface area is 104 Å². The number of rotatable bonds is 7. The second-order valence-corrected chi connectivity index (χ2v) is 4.68. The summed E-state index contributed by atoms with van der Waals surface area (Å²) in [4.78, 5) is 0. The Hall–Kier alpha value is -0.890. The smallest absolute Gasteiger partial charge is 0.127 e. The van der Waals surface area contributed by atoms with Gasteiger partial charge in [0.1, 0.15) is 5.82 Å². The molecule has 0 amide bonds. The summed E-state index contributed by atoms with van der Waals surface area (Å²) in [7, 11) is 0. The number of benzene rings is 1. The Morgan fingerprint density at radius 1 is 1.12 bits per heavy atom. The van der Waals surface area contributed by atoms with E-state index in [0.29, 0.717) is 6.04 Å². The van der Waals surface area contributed by atoms with Crippen LogP contribution >= 0.6 is 0 Å². The van der Waals surface area contributed by atoms with Gasteiger partial charge in [0.25, 0.3) is 0 Å². The van der Waals surface area contributed by atoms with Gasteiger partial charge in [0.15, 0.2) is 0 Å². The fourth-order valence-electron chi connectivity index (χ4n) is 2.28. The van der Waals surface area contributed by atoms with E-state index in [0.717, 1.165) is 18.4 Å². The molecule has 0 fully saturated rings. The Bertz CT molecular complexity index is 318. The Kier molecular flexibility index (Phi) is 6.20. The van der Waals surface area contributed by atoms with Crippen LogP contribution in [0.15, 0.2) is 24.3 Å². The van der Waals surface area contributed by atoms with E-state index in [2.05, 4.69) is 19.2 Å². The standard InChI is InChI=1S/C15H24FN/c1-4-8-13(9-5-2)17-12(3)14-10-6-7-11-15(14)16/h6-7,10-13,17H,4-5,8-9H2,1-3H3/t12-/m1/s1. The zero-order valence-electron chi connectivity index (χ0n) is 11.2. The van der Waals surface area contributed by atoms with Crippen LogP contribution in [0, 0.1) is 5.82 Å². The lowest BCUT2D eigenvalue weighted by atomic mass is 10.0. The van der Waals surface area contributed by atoms with Crippen LogP contribution in [0.25, 0.3) is 0 Å². The molecule has 0 saturated carbocycles. The van der Waals surface area contributed by atoms with Crippen LogP contribution in [-0.2, 0) is 0 Å². The van der Waals surface area contributed by atoms with Crippen LogP contribution in [0.4, 0.5) is 4.39 Å². The molecular formula is C15H24FN. The highest BCUT2D eigenvalue weighted by molar-refractivity contribution is 5.20. The van der Waals surface area contributed by atoms with Crippen molar-refractivity contribution >= 4 is 0 Å². The molecule has 0 spiro atoms. The number of nitrogens with one attached hydrogen (secondary N) is 1. The molecule has 0 bridgehead atoms. The van der Waals surface area contributed by atoms with E-state index in [1.807, 2.05) is 19.1 Å². The van der Waals surface area contributed by atoms with Crippen molar-refractivity contribution in [3.8, 4) is 0 Å². The van der Waals surface area contributed by atoms with Gasteiger partial charge in [-0.1, -0.05) is 44.9 Å². The molecule has 2 heteroatoms. The summed E-state index contributed by atoms with van der Waals surface area (Å²) in [5.74, 6) is -0.112. The third kappa shape index (κ3) is 4.47. The van der Waals surface area contributed by atoms with Crippen molar-refractivity contribution in [1.82, 2.24) is 5.32 Å². The summed E-state index contributed by atoms with van der Waals surface area (Å²) < 4.78 is 13.6. The van der Waals surface area contributed by atoms with Crippen molar-refractivity contribution in [2.75, 3.05) is 0 Å². The molecule has 1 aromatic rings. The summed E-state index contributed by atoms with van der Waals surface area (Å²) in [6.07, 6.45) is 4.66. The first-order chi connectivity index (χ1) is 8.19. The summed E-state index contributed by atoms with van der Waals surface area (Å²) >= 11 is 0. The summed E-state index contributed by atoms with van der Waals surface area (Å²) in [6, 6.07) is 7.61. The average Bonchev–Trinajstić information content (AvgIpc) is 2.30. The topological polar surface area (TPSA) is 12.0 Å². The molecule has 1 rings (SSSR count). The van der Waals surface area contributed by atoms with E-state index >= 15 is 0 Å². The van der Waals surface area contributed by atoms with Crippen molar-refractivity contribution < 1.29 is 4.39 Å². The lowest BCUT2D eigenvalue weighted by Gasteiger charge is -2.23. The minimum Gasteiger partial charge on any atom is -0.307 e. The highest BCUT2D eigenvalue weighted by atomic mass is 19.1. The third-order valence-electron chi connectivity index (χ3n) is 3.13. The molecule has 0 aliphatic carbocycles. The first-order valence-electron chi connectivity index (χ1n) is 6.69. The molecule has 1 aromatic carbocycles. The molecule has 17 heavy (non-hydrogen) atoms. The largest absolute Gasteiger partial charge is 0.307 e. The van der Waals surface area contributed by atoms with Crippen LogP contribution in [0.5, 0.6) is 0 Å². The van der Waals surface area contributed by atoms with E-state index < -0.39 is 0 Å². The van der Waals surface area contributed by atoms with Crippen LogP contribution in [0.2, 0.25) is 0 Å². The monoisotopic (exact) mass is 237 g/mol. The van der Waals surface area contributed by atoms with Crippen molar-refractivity contribution in [3.63, 3.8) is 0 Å². The van der Waals surface area contributed by atoms with Crippen molar-refractivity contribution in [1.29, 1.82) is 0 Å². The fraction of sp³-hybridized carbons (Fsp3) is 0.600. The molecule has 0 saturated heterocycles. The Morgan fingerprint density at radius 2 is 1.71 bits per heavy atom. The van der Waals surface area contributed by atoms with E-state index in [1.165, 1.54) is 18.9 Å². The van der Waals surface area contributed by atoms with E-state index in [1.54, 1.807) is 6.07 Å². The van der Waals surface area contributed by atoms with E-state index in [4.69, 9.17) is 0 Å². The molecule has 0 radical (unpaired) electrons. The maximum atomic E-state index is 13.6. The van der Waals surface area contributed by atoms with Gasteiger partial charge in [-0.2, -0.15) is 0 Å². The van der Waals surface area contributed by atoms with E-state index in [-0.39, 0.29) is 11.9 Å². The van der Waals surface area contributed by atoms with Crippen LogP contribution in [0.3, 0.4) is 0 Å². The fourth-order valence-corrected chi connectivity index (χ4v) is 2.28. The maximum Gasteiger partial charge on any atom is 0.127 e. The molecular weight excluding hydrogens is 213 g/mol. The van der Waals surface area contributed by atoms with Gasteiger partial charge in [0, 0.05) is 17.6 Å². The van der Waals surface area contributed by atoms with Gasteiger partial charge in [-0.05, 0) is 25.8 Å². The molecule has 0 aliphatic rings. The van der Waals surface area contributed by atoms with Crippen LogP contribution in [-0.4, -0.2) is 6.04 Å². The summed E-state index contributed by atoms with van der Waals surface area (Å²) in [5, 5.41) is 3.54. The molecule has 1 nitrogen and oxygen atoms in total. The number of halogens is 1. The highest BCUT2D eigenvalue weighted by Crippen LogP contribution is 2.18. The maximum absolute atomic E-state index is 13.6. The van der Waals surface area contributed by atoms with Gasteiger partial charge < -0.3 is 5.32 Å².